The molecule has 5 heteroatoms. The minimum absolute atomic E-state index is 0.0230. The van der Waals surface area contributed by atoms with Gasteiger partial charge in [-0.05, 0) is 37.5 Å². The van der Waals surface area contributed by atoms with Crippen LogP contribution in [0, 0.1) is 5.82 Å². The van der Waals surface area contributed by atoms with Crippen LogP contribution < -0.4 is 10.1 Å². The zero-order valence-corrected chi connectivity index (χ0v) is 11.8. The van der Waals surface area contributed by atoms with E-state index in [9.17, 15) is 9.18 Å². The largest absolute Gasteiger partial charge is 0.494 e. The Bertz CT molecular complexity index is 472. The molecule has 2 atom stereocenters. The van der Waals surface area contributed by atoms with Crippen molar-refractivity contribution in [3.05, 3.63) is 29.6 Å². The highest BCUT2D eigenvalue weighted by atomic mass is 19.1. The van der Waals surface area contributed by atoms with E-state index in [0.717, 1.165) is 19.4 Å². The Morgan fingerprint density at radius 2 is 2.40 bits per heavy atom. The second-order valence-electron chi connectivity index (χ2n) is 5.02. The third-order valence-corrected chi connectivity index (χ3v) is 3.49. The molecule has 1 fully saturated rings. The van der Waals surface area contributed by atoms with Crippen LogP contribution in [0.3, 0.4) is 0 Å². The molecule has 0 bridgehead atoms. The number of methoxy groups -OCH3 is 1. The predicted molar refractivity (Wildman–Crippen MR) is 73.1 cm³/mol. The van der Waals surface area contributed by atoms with E-state index in [4.69, 9.17) is 9.47 Å². The lowest BCUT2D eigenvalue weighted by Crippen LogP contribution is -2.29. The monoisotopic (exact) mass is 281 g/mol. The number of carbonyl (C=O) groups is 1. The zero-order valence-electron chi connectivity index (χ0n) is 11.8. The Kier molecular flexibility index (Phi) is 4.95. The summed E-state index contributed by atoms with van der Waals surface area (Å²) in [5.74, 6) is -0.294. The molecular formula is C15H20FNO3. The average molecular weight is 281 g/mol. The molecule has 1 heterocycles. The van der Waals surface area contributed by atoms with Crippen LogP contribution in [0.4, 0.5) is 4.39 Å². The summed E-state index contributed by atoms with van der Waals surface area (Å²) in [6.07, 6.45) is 2.33. The van der Waals surface area contributed by atoms with Crippen LogP contribution in [-0.4, -0.2) is 25.7 Å². The quantitative estimate of drug-likeness (QED) is 0.902. The molecule has 0 aliphatic carbocycles. The smallest absolute Gasteiger partial charge is 0.223 e. The number of nitrogens with one attached hydrogen (secondary N) is 1. The first-order chi connectivity index (χ1) is 9.60. The second-order valence-corrected chi connectivity index (χ2v) is 5.02. The molecular weight excluding hydrogens is 261 g/mol. The van der Waals surface area contributed by atoms with Gasteiger partial charge in [0.25, 0.3) is 0 Å². The Hall–Kier alpha value is -1.62. The van der Waals surface area contributed by atoms with E-state index in [-0.39, 0.29) is 23.8 Å². The number of amides is 1. The van der Waals surface area contributed by atoms with Crippen LogP contribution in [0.15, 0.2) is 18.2 Å². The minimum atomic E-state index is -0.426. The van der Waals surface area contributed by atoms with Gasteiger partial charge in [0.1, 0.15) is 0 Å². The minimum Gasteiger partial charge on any atom is -0.494 e. The fraction of sp³-hybridized carbons (Fsp3) is 0.533. The van der Waals surface area contributed by atoms with Crippen LogP contribution in [0.5, 0.6) is 5.75 Å². The summed E-state index contributed by atoms with van der Waals surface area (Å²) in [5.41, 5.74) is 0.712. The molecule has 1 aliphatic rings. The summed E-state index contributed by atoms with van der Waals surface area (Å²) >= 11 is 0. The van der Waals surface area contributed by atoms with Crippen LogP contribution in [-0.2, 0) is 9.53 Å². The molecule has 1 saturated heterocycles. The first-order valence-corrected chi connectivity index (χ1v) is 6.84. The van der Waals surface area contributed by atoms with Gasteiger partial charge in [-0.2, -0.15) is 0 Å². The van der Waals surface area contributed by atoms with Crippen molar-refractivity contribution in [2.24, 2.45) is 0 Å². The third-order valence-electron chi connectivity index (χ3n) is 3.49. The average Bonchev–Trinajstić information content (AvgIpc) is 2.91. The highest BCUT2D eigenvalue weighted by molar-refractivity contribution is 5.77. The predicted octanol–water partition coefficient (Wildman–Crippen LogP) is 2.58. The molecule has 1 amide bonds. The maximum absolute atomic E-state index is 13.6. The highest BCUT2D eigenvalue weighted by Crippen LogP contribution is 2.22. The molecule has 0 unspecified atom stereocenters. The summed E-state index contributed by atoms with van der Waals surface area (Å²) in [7, 11) is 1.42. The molecule has 20 heavy (non-hydrogen) atoms. The third kappa shape index (κ3) is 3.70. The van der Waals surface area contributed by atoms with Gasteiger partial charge < -0.3 is 14.8 Å². The standard InChI is InChI=1S/C15H20FNO3/c1-10(11-5-6-14(19-2)13(16)8-11)17-15(18)9-12-4-3-7-20-12/h5-6,8,10,12H,3-4,7,9H2,1-2H3,(H,17,18)/t10-,12+/m1/s1. The van der Waals surface area contributed by atoms with E-state index in [2.05, 4.69) is 5.32 Å². The lowest BCUT2D eigenvalue weighted by molar-refractivity contribution is -0.123. The summed E-state index contributed by atoms with van der Waals surface area (Å²) in [5, 5.41) is 2.86. The number of rotatable bonds is 5. The van der Waals surface area contributed by atoms with E-state index in [1.807, 2.05) is 6.92 Å². The number of ether oxygens (including phenoxy) is 2. The molecule has 0 radical (unpaired) electrons. The maximum Gasteiger partial charge on any atom is 0.223 e. The molecule has 110 valence electrons. The summed E-state index contributed by atoms with van der Waals surface area (Å²) < 4.78 is 23.9. The molecule has 2 rings (SSSR count). The zero-order chi connectivity index (χ0) is 14.5. The van der Waals surface area contributed by atoms with E-state index in [1.165, 1.54) is 13.2 Å². The normalized spacial score (nSPS) is 19.6. The number of benzene rings is 1. The SMILES string of the molecule is COc1ccc([C@@H](C)NC(=O)C[C@@H]2CCCO2)cc1F. The Morgan fingerprint density at radius 3 is 3.00 bits per heavy atom. The van der Waals surface area contributed by atoms with E-state index in [1.54, 1.807) is 12.1 Å². The van der Waals surface area contributed by atoms with Gasteiger partial charge in [-0.1, -0.05) is 6.07 Å². The highest BCUT2D eigenvalue weighted by Gasteiger charge is 2.20. The van der Waals surface area contributed by atoms with Gasteiger partial charge in [-0.25, -0.2) is 4.39 Å². The molecule has 0 saturated carbocycles. The van der Waals surface area contributed by atoms with Crippen LogP contribution >= 0.6 is 0 Å². The Morgan fingerprint density at radius 1 is 1.60 bits per heavy atom. The van der Waals surface area contributed by atoms with Gasteiger partial charge in [0.15, 0.2) is 11.6 Å². The van der Waals surface area contributed by atoms with Crippen molar-refractivity contribution in [2.45, 2.75) is 38.3 Å². The lowest BCUT2D eigenvalue weighted by atomic mass is 10.1. The van der Waals surface area contributed by atoms with Crippen LogP contribution in [0.2, 0.25) is 0 Å². The topological polar surface area (TPSA) is 47.6 Å². The van der Waals surface area contributed by atoms with Crippen molar-refractivity contribution >= 4 is 5.91 Å². The van der Waals surface area contributed by atoms with Crippen molar-refractivity contribution in [2.75, 3.05) is 13.7 Å². The number of hydrogen-bond donors (Lipinski definition) is 1. The molecule has 1 aromatic carbocycles. The van der Waals surface area contributed by atoms with Gasteiger partial charge in [-0.3, -0.25) is 4.79 Å². The Labute approximate surface area is 118 Å². The van der Waals surface area contributed by atoms with Gasteiger partial charge in [0, 0.05) is 6.61 Å². The molecule has 1 aliphatic heterocycles. The molecule has 4 nitrogen and oxygen atoms in total. The van der Waals surface area contributed by atoms with Crippen molar-refractivity contribution in [1.82, 2.24) is 5.32 Å². The van der Waals surface area contributed by atoms with Crippen LogP contribution in [0.25, 0.3) is 0 Å². The van der Waals surface area contributed by atoms with Crippen molar-refractivity contribution in [3.8, 4) is 5.75 Å². The van der Waals surface area contributed by atoms with Gasteiger partial charge in [0.05, 0.1) is 25.7 Å². The second kappa shape index (κ2) is 6.70. The number of hydrogen-bond acceptors (Lipinski definition) is 3. The fourth-order valence-corrected chi connectivity index (χ4v) is 2.35. The van der Waals surface area contributed by atoms with Crippen LogP contribution in [0.1, 0.15) is 37.8 Å². The molecule has 0 aromatic heterocycles. The lowest BCUT2D eigenvalue weighted by Gasteiger charge is -2.16. The van der Waals surface area contributed by atoms with E-state index >= 15 is 0 Å². The molecule has 0 spiro atoms. The van der Waals surface area contributed by atoms with Crippen molar-refractivity contribution in [1.29, 1.82) is 0 Å². The van der Waals surface area contributed by atoms with Gasteiger partial charge in [0.2, 0.25) is 5.91 Å². The van der Waals surface area contributed by atoms with Crippen molar-refractivity contribution < 1.29 is 18.7 Å². The number of halogens is 1. The number of carbonyl (C=O) groups excluding carboxylic acids is 1. The van der Waals surface area contributed by atoms with E-state index in [0.29, 0.717) is 12.0 Å². The first kappa shape index (κ1) is 14.8. The first-order valence-electron chi connectivity index (χ1n) is 6.84. The molecule has 1 N–H and O–H groups in total. The van der Waals surface area contributed by atoms with Gasteiger partial charge in [-0.15, -0.1) is 0 Å². The van der Waals surface area contributed by atoms with E-state index < -0.39 is 5.82 Å². The van der Waals surface area contributed by atoms with Gasteiger partial charge >= 0.3 is 0 Å². The summed E-state index contributed by atoms with van der Waals surface area (Å²) in [6, 6.07) is 4.45. The maximum atomic E-state index is 13.6. The van der Waals surface area contributed by atoms with Crippen molar-refractivity contribution in [3.63, 3.8) is 0 Å². The molecule has 1 aromatic rings. The summed E-state index contributed by atoms with van der Waals surface area (Å²) in [6.45, 7) is 2.56. The summed E-state index contributed by atoms with van der Waals surface area (Å²) in [4.78, 5) is 11.9. The fourth-order valence-electron chi connectivity index (χ4n) is 2.35. The Balaban J connectivity index is 1.91.